The Bertz CT molecular complexity index is 1530. The zero-order chi connectivity index (χ0) is 26.4. The van der Waals surface area contributed by atoms with Gasteiger partial charge in [0, 0.05) is 42.6 Å². The number of hydrogen-bond acceptors (Lipinski definition) is 6. The number of nitrogens with zero attached hydrogens (tertiary/aromatic N) is 3. The van der Waals surface area contributed by atoms with E-state index in [1.54, 1.807) is 24.5 Å². The summed E-state index contributed by atoms with van der Waals surface area (Å²) in [5.74, 6) is 0.162. The predicted octanol–water partition coefficient (Wildman–Crippen LogP) is 4.53. The molecule has 0 bridgehead atoms. The van der Waals surface area contributed by atoms with Crippen LogP contribution in [-0.4, -0.2) is 58.0 Å². The molecule has 3 N–H and O–H groups in total. The van der Waals surface area contributed by atoms with Crippen molar-refractivity contribution in [3.8, 4) is 11.1 Å². The number of fused-ring (bicyclic) bond motifs is 1. The molecule has 1 aromatic carbocycles. The number of aliphatic hydroxyl groups excluding tert-OH is 1. The van der Waals surface area contributed by atoms with Crippen molar-refractivity contribution in [2.45, 2.75) is 29.6 Å². The first-order chi connectivity index (χ1) is 17.5. The van der Waals surface area contributed by atoms with Crippen LogP contribution in [0.15, 0.2) is 66.0 Å². The Balaban J connectivity index is 1.27. The number of hydrogen-bond donors (Lipinski definition) is 3. The molecule has 0 radical (unpaired) electrons. The van der Waals surface area contributed by atoms with E-state index >= 15 is 0 Å². The quantitative estimate of drug-likeness (QED) is 0.336. The summed E-state index contributed by atoms with van der Waals surface area (Å²) in [4.78, 5) is 11.1. The molecule has 8 nitrogen and oxygen atoms in total. The second-order valence-electron chi connectivity index (χ2n) is 8.65. The maximum atomic E-state index is 13.2. The van der Waals surface area contributed by atoms with E-state index in [9.17, 15) is 26.7 Å². The second-order valence-corrected chi connectivity index (χ2v) is 11.0. The fourth-order valence-corrected chi connectivity index (χ4v) is 6.04. The minimum atomic E-state index is -4.50. The molecule has 4 heterocycles. The number of alkyl halides is 3. The van der Waals surface area contributed by atoms with Crippen LogP contribution in [0.25, 0.3) is 22.2 Å². The molecule has 0 aliphatic carbocycles. The summed E-state index contributed by atoms with van der Waals surface area (Å²) in [7, 11) is -3.90. The first-order valence-electron chi connectivity index (χ1n) is 11.2. The van der Waals surface area contributed by atoms with E-state index < -0.39 is 33.9 Å². The summed E-state index contributed by atoms with van der Waals surface area (Å²) < 4.78 is 65.8. The number of halogens is 4. The summed E-state index contributed by atoms with van der Waals surface area (Å²) >= 11 is 6.51. The number of anilines is 1. The molecule has 194 valence electrons. The molecule has 1 fully saturated rings. The first kappa shape index (κ1) is 25.5. The molecule has 0 unspecified atom stereocenters. The lowest BCUT2D eigenvalue weighted by Crippen LogP contribution is -2.51. The average Bonchev–Trinajstić information content (AvgIpc) is 3.35. The fraction of sp³-hybridized carbons (Fsp3) is 0.250. The number of benzene rings is 1. The lowest BCUT2D eigenvalue weighted by molar-refractivity contribution is -0.137. The van der Waals surface area contributed by atoms with E-state index in [0.29, 0.717) is 28.0 Å². The molecule has 0 saturated carbocycles. The maximum Gasteiger partial charge on any atom is 0.417 e. The zero-order valence-corrected chi connectivity index (χ0v) is 20.6. The minimum absolute atomic E-state index is 0.0612. The molecule has 13 heteroatoms. The van der Waals surface area contributed by atoms with Crippen molar-refractivity contribution in [3.05, 3.63) is 71.6 Å². The zero-order valence-electron chi connectivity index (χ0n) is 19.1. The number of aromatic nitrogens is 3. The SMILES string of the molecule is O=S(=O)(c1ccc(-c2cnc3[nH]ccc3c2Cl)cc1)N1CC[C@@H](Nc2ccc(C(F)(F)F)cn2)[C@@H](O)C1. The highest BCUT2D eigenvalue weighted by atomic mass is 35.5. The molecular weight excluding hydrogens is 531 g/mol. The van der Waals surface area contributed by atoms with Crippen molar-refractivity contribution in [3.63, 3.8) is 0 Å². The number of piperidine rings is 1. The number of H-pyrrole nitrogens is 1. The number of sulfonamides is 1. The van der Waals surface area contributed by atoms with Gasteiger partial charge in [0.05, 0.1) is 27.6 Å². The van der Waals surface area contributed by atoms with Crippen molar-refractivity contribution in [2.24, 2.45) is 0 Å². The number of aliphatic hydroxyl groups is 1. The summed E-state index contributed by atoms with van der Waals surface area (Å²) in [6.07, 6.45) is -1.30. The second kappa shape index (κ2) is 9.60. The van der Waals surface area contributed by atoms with Gasteiger partial charge in [-0.25, -0.2) is 18.4 Å². The highest BCUT2D eigenvalue weighted by molar-refractivity contribution is 7.89. The molecule has 1 aliphatic rings. The highest BCUT2D eigenvalue weighted by Gasteiger charge is 2.35. The van der Waals surface area contributed by atoms with Crippen LogP contribution in [0, 0.1) is 0 Å². The Labute approximate surface area is 215 Å². The monoisotopic (exact) mass is 551 g/mol. The maximum absolute atomic E-state index is 13.2. The summed E-state index contributed by atoms with van der Waals surface area (Å²) in [6.45, 7) is -0.0678. The van der Waals surface area contributed by atoms with Crippen LogP contribution in [-0.2, 0) is 16.2 Å². The summed E-state index contributed by atoms with van der Waals surface area (Å²) in [5, 5.41) is 14.7. The predicted molar refractivity (Wildman–Crippen MR) is 133 cm³/mol. The molecule has 4 aromatic rings. The van der Waals surface area contributed by atoms with Gasteiger partial charge >= 0.3 is 6.18 Å². The van der Waals surface area contributed by atoms with Gasteiger partial charge in [-0.3, -0.25) is 0 Å². The van der Waals surface area contributed by atoms with Gasteiger partial charge in [0.2, 0.25) is 10.0 Å². The molecule has 37 heavy (non-hydrogen) atoms. The van der Waals surface area contributed by atoms with Crippen molar-refractivity contribution >= 4 is 38.5 Å². The molecule has 1 saturated heterocycles. The van der Waals surface area contributed by atoms with E-state index in [1.165, 1.54) is 22.5 Å². The standard InChI is InChI=1S/C24H21ClF3N5O3S/c25-22-17-7-9-29-23(17)31-12-18(22)14-1-4-16(5-2-14)37(35,36)33-10-8-19(20(34)13-33)32-21-6-3-15(11-30-21)24(26,27)28/h1-7,9,11-12,19-20,34H,8,10,13H2,(H,29,31)(H,30,32)/t19-,20+/m1/s1. The van der Waals surface area contributed by atoms with Crippen LogP contribution in [0.5, 0.6) is 0 Å². The van der Waals surface area contributed by atoms with Crippen LogP contribution in [0.2, 0.25) is 5.02 Å². The van der Waals surface area contributed by atoms with Gasteiger partial charge < -0.3 is 15.4 Å². The van der Waals surface area contributed by atoms with Crippen LogP contribution >= 0.6 is 11.6 Å². The van der Waals surface area contributed by atoms with E-state index in [2.05, 4.69) is 20.3 Å². The summed E-state index contributed by atoms with van der Waals surface area (Å²) in [5.41, 5.74) is 1.14. The van der Waals surface area contributed by atoms with E-state index in [-0.39, 0.29) is 30.2 Å². The number of pyridine rings is 2. The third kappa shape index (κ3) is 5.01. The highest BCUT2D eigenvalue weighted by Crippen LogP contribution is 2.34. The van der Waals surface area contributed by atoms with Gasteiger partial charge in [0.1, 0.15) is 11.5 Å². The fourth-order valence-electron chi connectivity index (χ4n) is 4.26. The van der Waals surface area contributed by atoms with Gasteiger partial charge in [0.15, 0.2) is 0 Å². The number of nitrogens with one attached hydrogen (secondary N) is 2. The minimum Gasteiger partial charge on any atom is -0.390 e. The lowest BCUT2D eigenvalue weighted by atomic mass is 10.0. The topological polar surface area (TPSA) is 111 Å². The van der Waals surface area contributed by atoms with Crippen molar-refractivity contribution in [2.75, 3.05) is 18.4 Å². The first-order valence-corrected chi connectivity index (χ1v) is 13.1. The number of β-amino-alcohol motifs (C(OH)–C–C–N with tert-alkyl or cyclic N) is 1. The molecule has 1 aliphatic heterocycles. The largest absolute Gasteiger partial charge is 0.417 e. The van der Waals surface area contributed by atoms with Crippen LogP contribution in [0.3, 0.4) is 0 Å². The lowest BCUT2D eigenvalue weighted by Gasteiger charge is -2.35. The normalized spacial score (nSPS) is 19.3. The Morgan fingerprint density at radius 1 is 1.08 bits per heavy atom. The van der Waals surface area contributed by atoms with E-state index in [1.807, 2.05) is 6.07 Å². The molecular formula is C24H21ClF3N5O3S. The van der Waals surface area contributed by atoms with Crippen LogP contribution in [0.4, 0.5) is 19.0 Å². The summed E-state index contributed by atoms with van der Waals surface area (Å²) in [6, 6.07) is 9.56. The van der Waals surface area contributed by atoms with E-state index in [0.717, 1.165) is 11.5 Å². The molecule has 2 atom stereocenters. The smallest absolute Gasteiger partial charge is 0.390 e. The average molecular weight is 552 g/mol. The Morgan fingerprint density at radius 3 is 2.49 bits per heavy atom. The van der Waals surface area contributed by atoms with Crippen LogP contribution in [0.1, 0.15) is 12.0 Å². The Hall–Kier alpha value is -3.19. The molecule has 0 spiro atoms. The molecule has 3 aromatic heterocycles. The van der Waals surface area contributed by atoms with Crippen molar-refractivity contribution in [1.82, 2.24) is 19.3 Å². The Kier molecular flexibility index (Phi) is 6.61. The van der Waals surface area contributed by atoms with Gasteiger partial charge in [-0.05, 0) is 42.3 Å². The van der Waals surface area contributed by atoms with Gasteiger partial charge in [-0.15, -0.1) is 0 Å². The van der Waals surface area contributed by atoms with Gasteiger partial charge in [-0.2, -0.15) is 17.5 Å². The molecule has 5 rings (SSSR count). The van der Waals surface area contributed by atoms with Gasteiger partial charge in [-0.1, -0.05) is 23.7 Å². The Morgan fingerprint density at radius 2 is 1.84 bits per heavy atom. The molecule has 0 amide bonds. The van der Waals surface area contributed by atoms with Crippen molar-refractivity contribution in [1.29, 1.82) is 0 Å². The van der Waals surface area contributed by atoms with Crippen LogP contribution < -0.4 is 5.32 Å². The third-order valence-electron chi connectivity index (χ3n) is 6.29. The van der Waals surface area contributed by atoms with Crippen molar-refractivity contribution < 1.29 is 26.7 Å². The number of aromatic amines is 1. The number of rotatable bonds is 5. The van der Waals surface area contributed by atoms with E-state index in [4.69, 9.17) is 11.6 Å². The van der Waals surface area contributed by atoms with Gasteiger partial charge in [0.25, 0.3) is 0 Å². The third-order valence-corrected chi connectivity index (χ3v) is 8.58.